The lowest BCUT2D eigenvalue weighted by Crippen LogP contribution is -2.43. The predicted octanol–water partition coefficient (Wildman–Crippen LogP) is 10.8. The molecule has 0 aliphatic heterocycles. The summed E-state index contributed by atoms with van der Waals surface area (Å²) in [6.07, 6.45) is 0.992. The van der Waals surface area contributed by atoms with E-state index >= 15 is 0 Å². The van der Waals surface area contributed by atoms with Crippen molar-refractivity contribution in [2.45, 2.75) is 70.9 Å². The van der Waals surface area contributed by atoms with E-state index in [2.05, 4.69) is 67.7 Å². The van der Waals surface area contributed by atoms with Gasteiger partial charge in [0.05, 0.1) is 23.9 Å². The molecule has 6 aromatic rings. The van der Waals surface area contributed by atoms with Crippen molar-refractivity contribution in [3.05, 3.63) is 160 Å². The molecule has 0 unspecified atom stereocenters. The number of hydrogen-bond acceptors (Lipinski definition) is 6. The molecule has 10 heteroatoms. The highest BCUT2D eigenvalue weighted by atomic mass is 28.4. The van der Waals surface area contributed by atoms with Gasteiger partial charge in [0.15, 0.2) is 8.32 Å². The summed E-state index contributed by atoms with van der Waals surface area (Å²) in [6, 6.07) is 41.3. The molecule has 0 spiro atoms. The molecule has 0 saturated carbocycles. The fourth-order valence-electron chi connectivity index (χ4n) is 6.69. The Bertz CT molecular complexity index is 2340. The van der Waals surface area contributed by atoms with Gasteiger partial charge < -0.3 is 29.3 Å². The summed E-state index contributed by atoms with van der Waals surface area (Å²) >= 11 is 0. The number of rotatable bonds is 18. The van der Waals surface area contributed by atoms with Crippen LogP contribution in [0, 0.1) is 0 Å². The first kappa shape index (κ1) is 41.9. The first-order valence-electron chi connectivity index (χ1n) is 20.0. The first-order valence-corrected chi connectivity index (χ1v) is 22.9. The number of benzene rings is 5. The number of pyridine rings is 1. The van der Waals surface area contributed by atoms with Gasteiger partial charge in [-0.25, -0.2) is 4.79 Å². The van der Waals surface area contributed by atoms with Crippen LogP contribution in [0.2, 0.25) is 18.1 Å². The topological polar surface area (TPSA) is 122 Å². The molecular formula is C48H55N3O6Si. The molecule has 0 aliphatic rings. The second-order valence-corrected chi connectivity index (χ2v) is 20.9. The van der Waals surface area contributed by atoms with Gasteiger partial charge in [-0.2, -0.15) is 0 Å². The van der Waals surface area contributed by atoms with Crippen LogP contribution in [0.3, 0.4) is 0 Å². The first-order chi connectivity index (χ1) is 27.9. The van der Waals surface area contributed by atoms with Gasteiger partial charge in [0.2, 0.25) is 5.56 Å². The zero-order chi connectivity index (χ0) is 41.1. The minimum Gasteiger partial charge on any atom is -0.494 e. The van der Waals surface area contributed by atoms with E-state index in [1.54, 1.807) is 6.07 Å². The van der Waals surface area contributed by atoms with Crippen LogP contribution in [0.1, 0.15) is 55.5 Å². The fraction of sp³-hybridized carbons (Fsp3) is 0.292. The van der Waals surface area contributed by atoms with E-state index in [-0.39, 0.29) is 16.7 Å². The number of carboxylic acid groups (broad SMARTS) is 1. The molecule has 302 valence electrons. The van der Waals surface area contributed by atoms with E-state index in [4.69, 9.17) is 13.9 Å². The molecular weight excluding hydrogens is 743 g/mol. The Labute approximate surface area is 342 Å². The molecule has 58 heavy (non-hydrogen) atoms. The van der Waals surface area contributed by atoms with Gasteiger partial charge in [-0.15, -0.1) is 0 Å². The lowest BCUT2D eigenvalue weighted by molar-refractivity contribution is 0.182. The average molecular weight is 798 g/mol. The van der Waals surface area contributed by atoms with E-state index in [0.29, 0.717) is 36.7 Å². The van der Waals surface area contributed by atoms with Crippen molar-refractivity contribution >= 4 is 31.0 Å². The smallest absolute Gasteiger partial charge is 0.409 e. The molecule has 4 N–H and O–H groups in total. The number of anilines is 1. The van der Waals surface area contributed by atoms with Crippen molar-refractivity contribution in [2.75, 3.05) is 25.0 Å². The zero-order valence-electron chi connectivity index (χ0n) is 34.1. The van der Waals surface area contributed by atoms with Gasteiger partial charge in [0.25, 0.3) is 0 Å². The SMILES string of the molecule is CC(C)(C)[Si](C)(C)O[C@@H](CNCCc1cccc(OCCCc2ccc(-c3ccccc3)c(NC(=O)O)c2)c1)c1ccc(OCc2ccccc2)c2[nH]c(=O)ccc12. The highest BCUT2D eigenvalue weighted by Crippen LogP contribution is 2.41. The van der Waals surface area contributed by atoms with Gasteiger partial charge >= 0.3 is 6.09 Å². The van der Waals surface area contributed by atoms with E-state index < -0.39 is 14.4 Å². The molecule has 1 atom stereocenters. The van der Waals surface area contributed by atoms with Crippen LogP contribution in [-0.4, -0.2) is 44.2 Å². The van der Waals surface area contributed by atoms with Crippen LogP contribution in [0.5, 0.6) is 11.5 Å². The Morgan fingerprint density at radius 3 is 2.26 bits per heavy atom. The third kappa shape index (κ3) is 11.2. The van der Waals surface area contributed by atoms with E-state index in [0.717, 1.165) is 70.3 Å². The van der Waals surface area contributed by atoms with Gasteiger partial charge in [-0.1, -0.05) is 112 Å². The van der Waals surface area contributed by atoms with Crippen LogP contribution >= 0.6 is 0 Å². The minimum absolute atomic E-state index is 0.00202. The molecule has 1 amide bonds. The largest absolute Gasteiger partial charge is 0.494 e. The fourth-order valence-corrected chi connectivity index (χ4v) is 7.97. The third-order valence-corrected chi connectivity index (χ3v) is 15.3. The number of ether oxygens (including phenoxy) is 2. The second kappa shape index (κ2) is 19.2. The lowest BCUT2D eigenvalue weighted by atomic mass is 10.00. The molecule has 1 heterocycles. The third-order valence-electron chi connectivity index (χ3n) is 10.8. The van der Waals surface area contributed by atoms with Gasteiger partial charge in [-0.05, 0) is 102 Å². The zero-order valence-corrected chi connectivity index (χ0v) is 35.1. The number of aryl methyl sites for hydroxylation is 1. The maximum absolute atomic E-state index is 12.6. The van der Waals surface area contributed by atoms with Crippen LogP contribution < -0.4 is 25.7 Å². The second-order valence-electron chi connectivity index (χ2n) is 16.1. The highest BCUT2D eigenvalue weighted by Gasteiger charge is 2.39. The number of carbonyl (C=O) groups is 1. The Kier molecular flexibility index (Phi) is 13.9. The molecule has 6 rings (SSSR count). The normalized spacial score (nSPS) is 12.3. The summed E-state index contributed by atoms with van der Waals surface area (Å²) in [5, 5.41) is 16.6. The Morgan fingerprint density at radius 2 is 1.52 bits per heavy atom. The van der Waals surface area contributed by atoms with Crippen molar-refractivity contribution in [3.8, 4) is 22.6 Å². The molecule has 1 aromatic heterocycles. The lowest BCUT2D eigenvalue weighted by Gasteiger charge is -2.39. The Balaban J connectivity index is 1.07. The van der Waals surface area contributed by atoms with Crippen molar-refractivity contribution in [1.29, 1.82) is 0 Å². The van der Waals surface area contributed by atoms with Crippen LogP contribution in [0.4, 0.5) is 10.5 Å². The number of aromatic amines is 1. The maximum Gasteiger partial charge on any atom is 0.409 e. The average Bonchev–Trinajstić information content (AvgIpc) is 3.20. The van der Waals surface area contributed by atoms with Crippen molar-refractivity contribution in [1.82, 2.24) is 10.3 Å². The summed E-state index contributed by atoms with van der Waals surface area (Å²) in [6.45, 7) is 13.5. The highest BCUT2D eigenvalue weighted by molar-refractivity contribution is 6.74. The van der Waals surface area contributed by atoms with E-state index in [1.807, 2.05) is 103 Å². The van der Waals surface area contributed by atoms with Crippen molar-refractivity contribution < 1.29 is 23.8 Å². The summed E-state index contributed by atoms with van der Waals surface area (Å²) in [7, 11) is -2.20. The molecule has 9 nitrogen and oxygen atoms in total. The predicted molar refractivity (Wildman–Crippen MR) is 237 cm³/mol. The van der Waals surface area contributed by atoms with Crippen molar-refractivity contribution in [2.24, 2.45) is 0 Å². The standard InChI is InChI=1S/C48H55N3O6Si/c1-48(2,3)58(4,5)57-44(40-23-25-43(46-41(40)24-26-45(52)51-46)56-33-36-14-8-6-9-15-36)32-49-28-27-35-16-12-20-38(30-35)55-29-13-17-34-21-22-39(37-18-10-7-11-19-37)42(31-34)50-47(53)54/h6-12,14-16,18-26,30-31,44,49-50H,13,17,27-29,32-33H2,1-5H3,(H,51,52)(H,53,54)/t44-/m0/s1. The molecule has 0 aliphatic carbocycles. The van der Waals surface area contributed by atoms with Crippen LogP contribution in [0.15, 0.2) is 132 Å². The Morgan fingerprint density at radius 1 is 0.793 bits per heavy atom. The number of aromatic nitrogens is 1. The molecule has 5 aromatic carbocycles. The van der Waals surface area contributed by atoms with Crippen LogP contribution in [0.25, 0.3) is 22.0 Å². The number of nitrogens with one attached hydrogen (secondary N) is 3. The minimum atomic E-state index is -2.20. The summed E-state index contributed by atoms with van der Waals surface area (Å²) in [5.41, 5.74) is 7.12. The van der Waals surface area contributed by atoms with Crippen molar-refractivity contribution in [3.63, 3.8) is 0 Å². The number of H-pyrrole nitrogens is 1. The van der Waals surface area contributed by atoms with Crippen LogP contribution in [-0.2, 0) is 23.9 Å². The molecule has 0 saturated heterocycles. The number of fused-ring (bicyclic) bond motifs is 1. The molecule has 0 radical (unpaired) electrons. The number of amides is 1. The maximum atomic E-state index is 12.6. The summed E-state index contributed by atoms with van der Waals surface area (Å²) in [4.78, 5) is 27.1. The summed E-state index contributed by atoms with van der Waals surface area (Å²) < 4.78 is 19.5. The van der Waals surface area contributed by atoms with Gasteiger partial charge in [-0.3, -0.25) is 10.1 Å². The summed E-state index contributed by atoms with van der Waals surface area (Å²) in [5.74, 6) is 1.44. The Hall–Kier alpha value is -5.68. The molecule has 0 fully saturated rings. The quantitative estimate of drug-likeness (QED) is 0.0504. The van der Waals surface area contributed by atoms with E-state index in [9.17, 15) is 14.7 Å². The monoisotopic (exact) mass is 797 g/mol. The number of hydrogen-bond donors (Lipinski definition) is 4. The van der Waals surface area contributed by atoms with Gasteiger partial charge in [0, 0.05) is 23.6 Å². The molecule has 0 bridgehead atoms. The van der Waals surface area contributed by atoms with E-state index in [1.165, 1.54) is 0 Å². The van der Waals surface area contributed by atoms with Gasteiger partial charge in [0.1, 0.15) is 18.1 Å².